The number of hydrogen-bond donors (Lipinski definition) is 1. The van der Waals surface area contributed by atoms with Crippen LogP contribution in [0.5, 0.6) is 11.5 Å². The first-order chi connectivity index (χ1) is 18.2. The molecule has 1 aliphatic rings. The summed E-state index contributed by atoms with van der Waals surface area (Å²) in [6.45, 7) is 17.9. The minimum absolute atomic E-state index is 0. The summed E-state index contributed by atoms with van der Waals surface area (Å²) in [5, 5.41) is 29.4. The van der Waals surface area contributed by atoms with Gasteiger partial charge >= 0.3 is 37.7 Å². The minimum atomic E-state index is -1.37. The molecule has 0 saturated carbocycles. The molecule has 2 rings (SSSR count). The number of fused-ring (bicyclic) bond motifs is 1. The van der Waals surface area contributed by atoms with Crippen LogP contribution >= 0.6 is 0 Å². The van der Waals surface area contributed by atoms with Crippen molar-refractivity contribution >= 4 is 49.7 Å². The number of ether oxygens (including phenoxy) is 1. The van der Waals surface area contributed by atoms with Gasteiger partial charge in [-0.1, -0.05) is 72.6 Å². The zero-order valence-electron chi connectivity index (χ0n) is 26.6. The Balaban J connectivity index is 0.00000147. The first-order valence-electron chi connectivity index (χ1n) is 15.1. The number of aliphatic carboxylic acids is 2. The molecule has 1 aromatic carbocycles. The van der Waals surface area contributed by atoms with E-state index in [0.29, 0.717) is 5.75 Å². The maximum atomic E-state index is 10.4. The fourth-order valence-electron chi connectivity index (χ4n) is 5.48. The maximum Gasteiger partial charge on any atom is 2.00 e. The van der Waals surface area contributed by atoms with Crippen LogP contribution in [0.4, 0.5) is 0 Å². The van der Waals surface area contributed by atoms with Crippen molar-refractivity contribution in [3.8, 4) is 11.5 Å². The van der Waals surface area contributed by atoms with Gasteiger partial charge in [-0.3, -0.25) is 0 Å². The molecule has 0 aromatic heterocycles. The Morgan fingerprint density at radius 1 is 0.825 bits per heavy atom. The number of aromatic hydroxyl groups is 1. The van der Waals surface area contributed by atoms with E-state index in [1.165, 1.54) is 56.9 Å². The van der Waals surface area contributed by atoms with Gasteiger partial charge in [-0.2, -0.15) is 0 Å². The van der Waals surface area contributed by atoms with E-state index in [9.17, 15) is 24.9 Å². The third-order valence-corrected chi connectivity index (χ3v) is 8.40. The summed E-state index contributed by atoms with van der Waals surface area (Å²) in [5.41, 5.74) is 4.23. The van der Waals surface area contributed by atoms with E-state index in [1.54, 1.807) is 0 Å². The van der Waals surface area contributed by atoms with Gasteiger partial charge in [-0.05, 0) is 101 Å². The van der Waals surface area contributed by atoms with Crippen molar-refractivity contribution in [2.24, 2.45) is 17.8 Å². The van der Waals surface area contributed by atoms with Crippen LogP contribution in [0, 0.1) is 38.5 Å². The van der Waals surface area contributed by atoms with Crippen LogP contribution in [-0.2, 0) is 16.0 Å². The first kappa shape index (κ1) is 39.0. The molecule has 40 heavy (non-hydrogen) atoms. The molecule has 0 fully saturated rings. The van der Waals surface area contributed by atoms with E-state index in [2.05, 4.69) is 41.5 Å². The zero-order valence-corrected chi connectivity index (χ0v) is 28.8. The summed E-state index contributed by atoms with van der Waals surface area (Å²) in [6.07, 6.45) is 13.1. The second-order valence-electron chi connectivity index (χ2n) is 12.7. The fourth-order valence-corrected chi connectivity index (χ4v) is 5.48. The quantitative estimate of drug-likeness (QED) is 0.263. The number of carboxylic acid groups (broad SMARTS) is 2. The predicted octanol–water partition coefficient (Wildman–Crippen LogP) is 5.73. The number of phenols is 1. The van der Waals surface area contributed by atoms with E-state index in [4.69, 9.17) is 4.74 Å². The summed E-state index contributed by atoms with van der Waals surface area (Å²) in [5.74, 6) is 1.30. The second-order valence-corrected chi connectivity index (χ2v) is 12.7. The number of carbonyl (C=O) groups excluding carboxylic acids is 2. The Labute approximate surface area is 273 Å². The molecule has 0 radical (unpaired) electrons. The number of carboxylic acids is 2. The number of phenolic OH excluding ortho intramolecular Hbond substituents is 1. The van der Waals surface area contributed by atoms with Crippen molar-refractivity contribution in [1.29, 1.82) is 0 Å². The monoisotopic (exact) mass is 586 g/mol. The van der Waals surface area contributed by atoms with Crippen molar-refractivity contribution in [1.82, 2.24) is 0 Å². The van der Waals surface area contributed by atoms with Gasteiger partial charge in [0, 0.05) is 17.5 Å². The predicted molar refractivity (Wildman–Crippen MR) is 159 cm³/mol. The normalized spacial score (nSPS) is 17.5. The molecule has 0 spiro atoms. The third-order valence-electron chi connectivity index (χ3n) is 8.40. The Morgan fingerprint density at radius 2 is 1.30 bits per heavy atom. The SMILES string of the molecule is Cc1c(C)c2c(c(C)c1O)CC[C@@](C)(CCC[C@H](C)CCC[C@H](C)CCCC(C)C)O2.O=C([O-])CCC(=O)[O-].[Ca+2]. The maximum absolute atomic E-state index is 10.4. The number of benzene rings is 1. The Kier molecular flexibility index (Phi) is 18.8. The van der Waals surface area contributed by atoms with Crippen molar-refractivity contribution in [2.45, 2.75) is 144 Å². The van der Waals surface area contributed by atoms with E-state index >= 15 is 0 Å². The molecule has 7 heteroatoms. The molecule has 3 atom stereocenters. The summed E-state index contributed by atoms with van der Waals surface area (Å²) >= 11 is 0. The largest absolute Gasteiger partial charge is 2.00 e. The Hall–Kier alpha value is -0.980. The third kappa shape index (κ3) is 14.3. The molecule has 6 nitrogen and oxygen atoms in total. The van der Waals surface area contributed by atoms with Gasteiger partial charge in [-0.25, -0.2) is 0 Å². The smallest absolute Gasteiger partial charge is 0.550 e. The van der Waals surface area contributed by atoms with Crippen molar-refractivity contribution in [3.05, 3.63) is 22.3 Å². The van der Waals surface area contributed by atoms with E-state index < -0.39 is 24.8 Å². The molecule has 0 aliphatic carbocycles. The van der Waals surface area contributed by atoms with Crippen LogP contribution in [0.1, 0.15) is 134 Å². The van der Waals surface area contributed by atoms with Gasteiger partial charge < -0.3 is 29.6 Å². The van der Waals surface area contributed by atoms with Crippen LogP contribution < -0.4 is 14.9 Å². The molecule has 224 valence electrons. The Morgan fingerprint density at radius 3 is 1.77 bits per heavy atom. The van der Waals surface area contributed by atoms with Crippen LogP contribution in [-0.4, -0.2) is 60.4 Å². The standard InChI is InChI=1S/C29H50O2.C4H6O4.Ca/c1-20(2)12-9-13-21(3)14-10-15-22(4)16-11-18-29(8)19-17-26-25(7)27(30)23(5)24(6)28(26)31-29;5-3(6)1-2-4(7)8;/h20-22,30H,9-19H2,1-8H3;1-2H2,(H,5,6)(H,7,8);/q;;+2/p-2/t21-,22-,29-;;/m1../s1. The summed E-state index contributed by atoms with van der Waals surface area (Å²) in [4.78, 5) is 19.0. The molecule has 1 heterocycles. The average molecular weight is 587 g/mol. The van der Waals surface area contributed by atoms with Crippen LogP contribution in [0.25, 0.3) is 0 Å². The fraction of sp³-hybridized carbons (Fsp3) is 0.758. The molecule has 1 N–H and O–H groups in total. The zero-order chi connectivity index (χ0) is 29.8. The topological polar surface area (TPSA) is 110 Å². The number of hydrogen-bond acceptors (Lipinski definition) is 6. The summed E-state index contributed by atoms with van der Waals surface area (Å²) in [6, 6.07) is 0. The molecule has 0 amide bonds. The second kappa shape index (κ2) is 19.3. The van der Waals surface area contributed by atoms with Crippen molar-refractivity contribution < 1.29 is 29.6 Å². The molecule has 0 unspecified atom stereocenters. The number of carbonyl (C=O) groups is 2. The molecule has 1 aliphatic heterocycles. The summed E-state index contributed by atoms with van der Waals surface area (Å²) < 4.78 is 6.60. The minimum Gasteiger partial charge on any atom is -0.550 e. The molecule has 1 aromatic rings. The molecule has 0 saturated heterocycles. The van der Waals surface area contributed by atoms with Gasteiger partial charge in [0.1, 0.15) is 17.1 Å². The van der Waals surface area contributed by atoms with Crippen molar-refractivity contribution in [2.75, 3.05) is 0 Å². The van der Waals surface area contributed by atoms with Gasteiger partial charge in [0.25, 0.3) is 0 Å². The van der Waals surface area contributed by atoms with E-state index in [0.717, 1.165) is 59.5 Å². The molecule has 0 bridgehead atoms. The van der Waals surface area contributed by atoms with Crippen LogP contribution in [0.15, 0.2) is 0 Å². The van der Waals surface area contributed by atoms with Gasteiger partial charge in [-0.15, -0.1) is 0 Å². The first-order valence-corrected chi connectivity index (χ1v) is 15.1. The summed E-state index contributed by atoms with van der Waals surface area (Å²) in [7, 11) is 0. The average Bonchev–Trinajstić information content (AvgIpc) is 2.85. The van der Waals surface area contributed by atoms with Gasteiger partial charge in [0.15, 0.2) is 0 Å². The number of rotatable bonds is 15. The van der Waals surface area contributed by atoms with Gasteiger partial charge in [0.2, 0.25) is 0 Å². The molecular weight excluding hydrogens is 532 g/mol. The Bertz CT molecular complexity index is 914. The molecular formula is C33H54CaO6. The van der Waals surface area contributed by atoms with Crippen LogP contribution in [0.3, 0.4) is 0 Å². The van der Waals surface area contributed by atoms with Crippen LogP contribution in [0.2, 0.25) is 0 Å². The van der Waals surface area contributed by atoms with Crippen molar-refractivity contribution in [3.63, 3.8) is 0 Å². The van der Waals surface area contributed by atoms with Gasteiger partial charge in [0.05, 0.1) is 0 Å². The van der Waals surface area contributed by atoms with E-state index in [-0.39, 0.29) is 43.3 Å². The van der Waals surface area contributed by atoms with E-state index in [1.807, 2.05) is 13.8 Å².